The van der Waals surface area contributed by atoms with Crippen LogP contribution in [-0.2, 0) is 4.74 Å². The molecule has 3 aromatic carbocycles. The molecule has 0 aliphatic carbocycles. The first-order chi connectivity index (χ1) is 14.7. The summed E-state index contributed by atoms with van der Waals surface area (Å²) in [6.07, 6.45) is 0. The van der Waals surface area contributed by atoms with Crippen molar-refractivity contribution in [2.45, 2.75) is 6.04 Å². The van der Waals surface area contributed by atoms with Gasteiger partial charge >= 0.3 is 0 Å². The SMILES string of the molecule is O=C(NC[C@H](c1ccc(F)cc1)N1CCOCC1)c1ccc(-c2ccccc2)cc1. The van der Waals surface area contributed by atoms with Crippen molar-refractivity contribution in [3.8, 4) is 11.1 Å². The normalized spacial score (nSPS) is 15.5. The first-order valence-electron chi connectivity index (χ1n) is 10.2. The molecule has 1 fully saturated rings. The van der Waals surface area contributed by atoms with Gasteiger partial charge in [-0.05, 0) is 41.0 Å². The summed E-state index contributed by atoms with van der Waals surface area (Å²) in [4.78, 5) is 15.0. The molecule has 3 aromatic rings. The van der Waals surface area contributed by atoms with E-state index in [1.807, 2.05) is 54.6 Å². The van der Waals surface area contributed by atoms with E-state index in [9.17, 15) is 9.18 Å². The molecule has 0 spiro atoms. The molecule has 1 heterocycles. The second-order valence-electron chi connectivity index (χ2n) is 7.37. The molecule has 1 amide bonds. The lowest BCUT2D eigenvalue weighted by atomic mass is 10.0. The summed E-state index contributed by atoms with van der Waals surface area (Å²) in [6.45, 7) is 3.33. The maximum atomic E-state index is 13.4. The molecule has 154 valence electrons. The monoisotopic (exact) mass is 404 g/mol. The number of ether oxygens (including phenoxy) is 1. The van der Waals surface area contributed by atoms with Gasteiger partial charge in [-0.2, -0.15) is 0 Å². The Morgan fingerprint density at radius 3 is 2.20 bits per heavy atom. The topological polar surface area (TPSA) is 41.6 Å². The average molecular weight is 404 g/mol. The molecule has 4 nitrogen and oxygen atoms in total. The summed E-state index contributed by atoms with van der Waals surface area (Å²) >= 11 is 0. The zero-order valence-electron chi connectivity index (χ0n) is 16.8. The number of carbonyl (C=O) groups is 1. The van der Waals surface area contributed by atoms with Crippen LogP contribution in [0.1, 0.15) is 22.0 Å². The maximum absolute atomic E-state index is 13.4. The van der Waals surface area contributed by atoms with Crippen LogP contribution in [0.4, 0.5) is 4.39 Å². The summed E-state index contributed by atoms with van der Waals surface area (Å²) in [5, 5.41) is 3.05. The number of morpholine rings is 1. The number of hydrogen-bond donors (Lipinski definition) is 1. The van der Waals surface area contributed by atoms with E-state index in [1.165, 1.54) is 12.1 Å². The summed E-state index contributed by atoms with van der Waals surface area (Å²) in [5.41, 5.74) is 3.80. The Bertz CT molecular complexity index is 953. The zero-order valence-corrected chi connectivity index (χ0v) is 16.8. The van der Waals surface area contributed by atoms with E-state index in [0.717, 1.165) is 29.8 Å². The van der Waals surface area contributed by atoms with Crippen molar-refractivity contribution in [1.82, 2.24) is 10.2 Å². The molecule has 1 saturated heterocycles. The van der Waals surface area contributed by atoms with Crippen LogP contribution in [0.3, 0.4) is 0 Å². The first kappa shape index (κ1) is 20.3. The molecule has 4 rings (SSSR count). The molecular formula is C25H25FN2O2. The summed E-state index contributed by atoms with van der Waals surface area (Å²) < 4.78 is 18.8. The fourth-order valence-electron chi connectivity index (χ4n) is 3.77. The van der Waals surface area contributed by atoms with Crippen LogP contribution in [0.25, 0.3) is 11.1 Å². The van der Waals surface area contributed by atoms with E-state index < -0.39 is 0 Å². The number of halogens is 1. The molecule has 0 radical (unpaired) electrons. The van der Waals surface area contributed by atoms with Gasteiger partial charge in [0.15, 0.2) is 0 Å². The number of nitrogens with one attached hydrogen (secondary N) is 1. The quantitative estimate of drug-likeness (QED) is 0.666. The predicted molar refractivity (Wildman–Crippen MR) is 116 cm³/mol. The molecule has 30 heavy (non-hydrogen) atoms. The van der Waals surface area contributed by atoms with Crippen LogP contribution in [0.5, 0.6) is 0 Å². The molecular weight excluding hydrogens is 379 g/mol. The fraction of sp³-hybridized carbons (Fsp3) is 0.240. The van der Waals surface area contributed by atoms with Crippen molar-refractivity contribution in [3.05, 3.63) is 95.8 Å². The standard InChI is InChI=1S/C25H25FN2O2/c26-23-12-10-21(11-13-23)24(28-14-16-30-17-15-28)18-27-25(29)22-8-6-20(7-9-22)19-4-2-1-3-5-19/h1-13,24H,14-18H2,(H,27,29)/t24-/m1/s1. The average Bonchev–Trinajstić information content (AvgIpc) is 2.81. The van der Waals surface area contributed by atoms with E-state index in [-0.39, 0.29) is 17.8 Å². The summed E-state index contributed by atoms with van der Waals surface area (Å²) in [7, 11) is 0. The van der Waals surface area contributed by atoms with Gasteiger partial charge in [0.2, 0.25) is 0 Å². The summed E-state index contributed by atoms with van der Waals surface area (Å²) in [5.74, 6) is -0.378. The van der Waals surface area contributed by atoms with E-state index in [1.54, 1.807) is 12.1 Å². The molecule has 0 aromatic heterocycles. The van der Waals surface area contributed by atoms with E-state index >= 15 is 0 Å². The van der Waals surface area contributed by atoms with E-state index in [0.29, 0.717) is 25.3 Å². The highest BCUT2D eigenvalue weighted by Crippen LogP contribution is 2.22. The van der Waals surface area contributed by atoms with Crippen LogP contribution >= 0.6 is 0 Å². The molecule has 0 bridgehead atoms. The Kier molecular flexibility index (Phi) is 6.52. The van der Waals surface area contributed by atoms with Crippen LogP contribution in [0.2, 0.25) is 0 Å². The van der Waals surface area contributed by atoms with Gasteiger partial charge in [0, 0.05) is 25.2 Å². The summed E-state index contributed by atoms with van der Waals surface area (Å²) in [6, 6.07) is 24.2. The third kappa shape index (κ3) is 4.93. The smallest absolute Gasteiger partial charge is 0.251 e. The highest BCUT2D eigenvalue weighted by molar-refractivity contribution is 5.94. The lowest BCUT2D eigenvalue weighted by Gasteiger charge is -2.35. The number of hydrogen-bond acceptors (Lipinski definition) is 3. The Balaban J connectivity index is 1.44. The van der Waals surface area contributed by atoms with Gasteiger partial charge in [-0.1, -0.05) is 54.6 Å². The van der Waals surface area contributed by atoms with Gasteiger partial charge in [0.05, 0.1) is 19.3 Å². The number of benzene rings is 3. The minimum Gasteiger partial charge on any atom is -0.379 e. The Labute approximate surface area is 176 Å². The van der Waals surface area contributed by atoms with Crippen molar-refractivity contribution in [3.63, 3.8) is 0 Å². The van der Waals surface area contributed by atoms with Crippen molar-refractivity contribution in [1.29, 1.82) is 0 Å². The van der Waals surface area contributed by atoms with Crippen molar-refractivity contribution < 1.29 is 13.9 Å². The van der Waals surface area contributed by atoms with Crippen LogP contribution in [0.15, 0.2) is 78.9 Å². The second kappa shape index (κ2) is 9.65. The molecule has 0 saturated carbocycles. The molecule has 5 heteroatoms. The lowest BCUT2D eigenvalue weighted by molar-refractivity contribution is 0.0162. The molecule has 0 unspecified atom stereocenters. The van der Waals surface area contributed by atoms with Crippen LogP contribution in [0, 0.1) is 5.82 Å². The highest BCUT2D eigenvalue weighted by Gasteiger charge is 2.23. The van der Waals surface area contributed by atoms with E-state index in [4.69, 9.17) is 4.74 Å². The molecule has 1 N–H and O–H groups in total. The molecule has 1 aliphatic heterocycles. The third-order valence-corrected chi connectivity index (χ3v) is 5.45. The minimum atomic E-state index is -0.262. The fourth-order valence-corrected chi connectivity index (χ4v) is 3.77. The van der Waals surface area contributed by atoms with E-state index in [2.05, 4.69) is 10.2 Å². The van der Waals surface area contributed by atoms with Gasteiger partial charge in [-0.15, -0.1) is 0 Å². The highest BCUT2D eigenvalue weighted by atomic mass is 19.1. The second-order valence-corrected chi connectivity index (χ2v) is 7.37. The Morgan fingerprint density at radius 2 is 1.53 bits per heavy atom. The van der Waals surface area contributed by atoms with Crippen molar-refractivity contribution >= 4 is 5.91 Å². The maximum Gasteiger partial charge on any atom is 0.251 e. The lowest BCUT2D eigenvalue weighted by Crippen LogP contribution is -2.43. The molecule has 1 aliphatic rings. The third-order valence-electron chi connectivity index (χ3n) is 5.45. The number of amides is 1. The van der Waals surface area contributed by atoms with Gasteiger partial charge in [-0.25, -0.2) is 4.39 Å². The van der Waals surface area contributed by atoms with Gasteiger partial charge in [0.1, 0.15) is 5.82 Å². The van der Waals surface area contributed by atoms with Crippen LogP contribution in [-0.4, -0.2) is 43.7 Å². The predicted octanol–water partition coefficient (Wildman–Crippen LogP) is 4.30. The zero-order chi connectivity index (χ0) is 20.8. The number of rotatable bonds is 6. The van der Waals surface area contributed by atoms with Gasteiger partial charge in [0.25, 0.3) is 5.91 Å². The Morgan fingerprint density at radius 1 is 0.900 bits per heavy atom. The largest absolute Gasteiger partial charge is 0.379 e. The van der Waals surface area contributed by atoms with Crippen molar-refractivity contribution in [2.24, 2.45) is 0 Å². The van der Waals surface area contributed by atoms with Gasteiger partial charge in [-0.3, -0.25) is 9.69 Å². The van der Waals surface area contributed by atoms with Crippen LogP contribution < -0.4 is 5.32 Å². The first-order valence-corrected chi connectivity index (χ1v) is 10.2. The molecule has 1 atom stereocenters. The minimum absolute atomic E-state index is 0.0259. The van der Waals surface area contributed by atoms with Crippen molar-refractivity contribution in [2.75, 3.05) is 32.8 Å². The Hall–Kier alpha value is -3.02. The number of carbonyl (C=O) groups excluding carboxylic acids is 1. The van der Waals surface area contributed by atoms with Gasteiger partial charge < -0.3 is 10.1 Å². The number of nitrogens with zero attached hydrogens (tertiary/aromatic N) is 1.